The first-order valence-corrected chi connectivity index (χ1v) is 14.6. The van der Waals surface area contributed by atoms with E-state index in [1.165, 1.54) is 17.0 Å². The summed E-state index contributed by atoms with van der Waals surface area (Å²) in [6.07, 6.45) is 0.705. The van der Waals surface area contributed by atoms with E-state index >= 15 is 0 Å². The number of benzene rings is 3. The quantitative estimate of drug-likeness (QED) is 0.362. The van der Waals surface area contributed by atoms with Crippen molar-refractivity contribution in [1.29, 1.82) is 0 Å². The molecule has 1 atom stereocenters. The topological polar surface area (TPSA) is 113 Å². The molecule has 0 bridgehead atoms. The number of fused-ring (bicyclic) bond motifs is 1. The molecule has 9 nitrogen and oxygen atoms in total. The van der Waals surface area contributed by atoms with E-state index in [0.29, 0.717) is 12.3 Å². The van der Waals surface area contributed by atoms with Crippen molar-refractivity contribution in [1.82, 2.24) is 14.5 Å². The lowest BCUT2D eigenvalue weighted by molar-refractivity contribution is -0.141. The Morgan fingerprint density at radius 3 is 2.38 bits per heavy atom. The number of sulfonamides is 1. The maximum atomic E-state index is 13.8. The summed E-state index contributed by atoms with van der Waals surface area (Å²) in [5, 5.41) is 2.91. The predicted octanol–water partition coefficient (Wildman–Crippen LogP) is 3.40. The predicted molar refractivity (Wildman–Crippen MR) is 150 cm³/mol. The minimum Gasteiger partial charge on any atom is -0.497 e. The number of nitrogens with zero attached hydrogens (tertiary/aromatic N) is 2. The largest absolute Gasteiger partial charge is 0.497 e. The van der Waals surface area contributed by atoms with Crippen molar-refractivity contribution in [3.8, 4) is 5.75 Å². The molecule has 3 amide bonds. The number of methoxy groups -OCH3 is 1. The van der Waals surface area contributed by atoms with Gasteiger partial charge in [-0.3, -0.25) is 14.4 Å². The number of hydrogen-bond donors (Lipinski definition) is 1. The third kappa shape index (κ3) is 6.34. The fourth-order valence-corrected chi connectivity index (χ4v) is 6.25. The third-order valence-corrected chi connectivity index (χ3v) is 8.59. The van der Waals surface area contributed by atoms with Gasteiger partial charge in [0, 0.05) is 32.5 Å². The molecule has 0 fully saturated rings. The van der Waals surface area contributed by atoms with Crippen molar-refractivity contribution >= 4 is 27.7 Å². The number of carbonyl (C=O) groups is 3. The third-order valence-electron chi connectivity index (χ3n) is 6.75. The lowest BCUT2D eigenvalue weighted by atomic mass is 10.0. The lowest BCUT2D eigenvalue weighted by Crippen LogP contribution is -2.51. The fourth-order valence-electron chi connectivity index (χ4n) is 4.68. The van der Waals surface area contributed by atoms with Crippen molar-refractivity contribution in [3.05, 3.63) is 95.6 Å². The van der Waals surface area contributed by atoms with Crippen LogP contribution >= 0.6 is 0 Å². The molecular weight excluding hydrogens is 530 g/mol. The molecule has 0 aromatic heterocycles. The molecule has 0 saturated carbocycles. The van der Waals surface area contributed by atoms with Crippen LogP contribution in [0.2, 0.25) is 0 Å². The van der Waals surface area contributed by atoms with Gasteiger partial charge in [-0.25, -0.2) is 12.7 Å². The fraction of sp³-hybridized carbons (Fsp3) is 0.300. The van der Waals surface area contributed by atoms with Gasteiger partial charge in [-0.2, -0.15) is 0 Å². The maximum absolute atomic E-state index is 13.8. The van der Waals surface area contributed by atoms with Gasteiger partial charge in [0.05, 0.1) is 12.7 Å². The molecule has 210 valence electrons. The van der Waals surface area contributed by atoms with E-state index in [1.807, 2.05) is 43.3 Å². The average Bonchev–Trinajstić information content (AvgIpc) is 3.17. The summed E-state index contributed by atoms with van der Waals surface area (Å²) in [5.74, 6) is -0.815. The summed E-state index contributed by atoms with van der Waals surface area (Å²) in [6, 6.07) is 21.7. The first-order valence-electron chi connectivity index (χ1n) is 13.2. The molecule has 0 aliphatic carbocycles. The van der Waals surface area contributed by atoms with Crippen LogP contribution in [0, 0.1) is 0 Å². The van der Waals surface area contributed by atoms with E-state index in [-0.39, 0.29) is 42.3 Å². The van der Waals surface area contributed by atoms with Crippen LogP contribution < -0.4 is 10.1 Å². The van der Waals surface area contributed by atoms with Gasteiger partial charge in [-0.05, 0) is 41.8 Å². The van der Waals surface area contributed by atoms with Gasteiger partial charge >= 0.3 is 0 Å². The van der Waals surface area contributed by atoms with Gasteiger partial charge in [0.15, 0.2) is 0 Å². The molecule has 4 rings (SSSR count). The summed E-state index contributed by atoms with van der Waals surface area (Å²) < 4.78 is 32.2. The standard InChI is InChI=1S/C30H33N3O6S/c1-3-17-31-29(35)26(20-22-10-5-4-6-11-22)32(21-23-12-9-13-24(19-23)39-2)28(34)16-18-33-30(36)25-14-7-8-15-27(25)40(33,37)38/h4-15,19,26H,3,16-18,20-21H2,1-2H3,(H,31,35). The molecule has 1 aliphatic heterocycles. The zero-order chi connectivity index (χ0) is 28.7. The van der Waals surface area contributed by atoms with E-state index in [9.17, 15) is 22.8 Å². The molecule has 1 heterocycles. The van der Waals surface area contributed by atoms with Gasteiger partial charge in [-0.1, -0.05) is 61.5 Å². The molecule has 10 heteroatoms. The second-order valence-electron chi connectivity index (χ2n) is 9.50. The van der Waals surface area contributed by atoms with E-state index in [1.54, 1.807) is 37.4 Å². The average molecular weight is 564 g/mol. The highest BCUT2D eigenvalue weighted by molar-refractivity contribution is 7.90. The van der Waals surface area contributed by atoms with Crippen LogP contribution in [0.4, 0.5) is 0 Å². The normalized spacial score (nSPS) is 14.3. The van der Waals surface area contributed by atoms with Gasteiger partial charge in [-0.15, -0.1) is 0 Å². The Balaban J connectivity index is 1.64. The SMILES string of the molecule is CCCNC(=O)C(Cc1ccccc1)N(Cc1cccc(OC)c1)C(=O)CCN1C(=O)c2ccccc2S1(=O)=O. The Morgan fingerprint density at radius 2 is 1.68 bits per heavy atom. The highest BCUT2D eigenvalue weighted by Crippen LogP contribution is 2.30. The Hall–Kier alpha value is -4.18. The minimum absolute atomic E-state index is 0.0680. The molecule has 40 heavy (non-hydrogen) atoms. The van der Waals surface area contributed by atoms with E-state index in [2.05, 4.69) is 5.32 Å². The Bertz CT molecular complexity index is 1480. The Morgan fingerprint density at radius 1 is 0.975 bits per heavy atom. The number of rotatable bonds is 12. The molecule has 0 radical (unpaired) electrons. The van der Waals surface area contributed by atoms with Crippen LogP contribution in [0.1, 0.15) is 41.3 Å². The smallest absolute Gasteiger partial charge is 0.269 e. The van der Waals surface area contributed by atoms with Gasteiger partial charge in [0.1, 0.15) is 16.7 Å². The molecule has 0 spiro atoms. The van der Waals surface area contributed by atoms with Crippen LogP contribution in [0.15, 0.2) is 83.8 Å². The molecular formula is C30H33N3O6S. The van der Waals surface area contributed by atoms with E-state index in [0.717, 1.165) is 21.9 Å². The second kappa shape index (κ2) is 12.8. The first-order chi connectivity index (χ1) is 19.3. The number of carbonyl (C=O) groups excluding carboxylic acids is 3. The number of hydrogen-bond acceptors (Lipinski definition) is 6. The second-order valence-corrected chi connectivity index (χ2v) is 11.3. The number of ether oxygens (including phenoxy) is 1. The minimum atomic E-state index is -4.06. The molecule has 3 aromatic rings. The molecule has 3 aromatic carbocycles. The molecule has 1 aliphatic rings. The van der Waals surface area contributed by atoms with Gasteiger partial charge in [0.2, 0.25) is 11.8 Å². The zero-order valence-electron chi connectivity index (χ0n) is 22.6. The van der Waals surface area contributed by atoms with Crippen LogP contribution in [-0.4, -0.2) is 61.6 Å². The summed E-state index contributed by atoms with van der Waals surface area (Å²) in [5.41, 5.74) is 1.70. The van der Waals surface area contributed by atoms with Crippen LogP contribution in [0.25, 0.3) is 0 Å². The number of nitrogens with one attached hydrogen (secondary N) is 1. The van der Waals surface area contributed by atoms with Gasteiger partial charge in [0.25, 0.3) is 15.9 Å². The van der Waals surface area contributed by atoms with Crippen LogP contribution in [0.5, 0.6) is 5.75 Å². The van der Waals surface area contributed by atoms with Crippen molar-refractivity contribution in [3.63, 3.8) is 0 Å². The van der Waals surface area contributed by atoms with E-state index in [4.69, 9.17) is 4.74 Å². The monoisotopic (exact) mass is 563 g/mol. The van der Waals surface area contributed by atoms with Crippen LogP contribution in [-0.2, 0) is 32.6 Å². The maximum Gasteiger partial charge on any atom is 0.269 e. The number of amides is 3. The van der Waals surface area contributed by atoms with Gasteiger partial charge < -0.3 is 15.0 Å². The van der Waals surface area contributed by atoms with Crippen molar-refractivity contribution in [2.45, 2.75) is 43.7 Å². The summed E-state index contributed by atoms with van der Waals surface area (Å²) >= 11 is 0. The highest BCUT2D eigenvalue weighted by atomic mass is 32.2. The Kier molecular flexibility index (Phi) is 9.21. The van der Waals surface area contributed by atoms with E-state index < -0.39 is 27.9 Å². The van der Waals surface area contributed by atoms with Crippen molar-refractivity contribution < 1.29 is 27.5 Å². The molecule has 0 saturated heterocycles. The highest BCUT2D eigenvalue weighted by Gasteiger charge is 2.41. The summed E-state index contributed by atoms with van der Waals surface area (Å²) in [7, 11) is -2.52. The van der Waals surface area contributed by atoms with Crippen molar-refractivity contribution in [2.24, 2.45) is 0 Å². The van der Waals surface area contributed by atoms with Crippen molar-refractivity contribution in [2.75, 3.05) is 20.2 Å². The Labute approximate surface area is 234 Å². The zero-order valence-corrected chi connectivity index (χ0v) is 23.4. The first kappa shape index (κ1) is 28.8. The molecule has 1 unspecified atom stereocenters. The van der Waals surface area contributed by atoms with Crippen LogP contribution in [0.3, 0.4) is 0 Å². The summed E-state index contributed by atoms with van der Waals surface area (Å²) in [6.45, 7) is 2.15. The lowest BCUT2D eigenvalue weighted by Gasteiger charge is -2.32. The molecule has 1 N–H and O–H groups in total. The summed E-state index contributed by atoms with van der Waals surface area (Å²) in [4.78, 5) is 41.6.